The second-order valence-electron chi connectivity index (χ2n) is 6.90. The third-order valence-electron chi connectivity index (χ3n) is 5.04. The topological polar surface area (TPSA) is 52.6 Å². The minimum atomic E-state index is -0.739. The lowest BCUT2D eigenvalue weighted by Crippen LogP contribution is -2.45. The quantitative estimate of drug-likeness (QED) is 0.881. The van der Waals surface area contributed by atoms with E-state index < -0.39 is 5.60 Å². The van der Waals surface area contributed by atoms with Crippen LogP contribution in [0.15, 0.2) is 54.6 Å². The molecule has 4 heteroatoms. The summed E-state index contributed by atoms with van der Waals surface area (Å²) in [4.78, 5) is 14.4. The second kappa shape index (κ2) is 7.81. The van der Waals surface area contributed by atoms with Crippen molar-refractivity contribution in [3.63, 3.8) is 0 Å². The lowest BCUT2D eigenvalue weighted by Gasteiger charge is -2.38. The van der Waals surface area contributed by atoms with Gasteiger partial charge in [-0.1, -0.05) is 48.5 Å². The molecule has 3 rings (SSSR count). The molecule has 2 aromatic rings. The molecule has 0 radical (unpaired) electrons. The van der Waals surface area contributed by atoms with Crippen molar-refractivity contribution in [2.45, 2.75) is 31.4 Å². The number of hydrogen-bond acceptors (Lipinski definition) is 3. The van der Waals surface area contributed by atoms with Gasteiger partial charge in [0.05, 0.1) is 5.60 Å². The molecule has 0 atom stereocenters. The normalized spacial score (nSPS) is 17.2. The van der Waals surface area contributed by atoms with Gasteiger partial charge < -0.3 is 10.4 Å². The van der Waals surface area contributed by atoms with Gasteiger partial charge in [0, 0.05) is 38.7 Å². The maximum atomic E-state index is 12.0. The minimum absolute atomic E-state index is 0.0966. The van der Waals surface area contributed by atoms with E-state index >= 15 is 0 Å². The number of benzene rings is 2. The van der Waals surface area contributed by atoms with Crippen LogP contribution < -0.4 is 5.32 Å². The van der Waals surface area contributed by atoms with Gasteiger partial charge in [-0.15, -0.1) is 0 Å². The van der Waals surface area contributed by atoms with Gasteiger partial charge in [-0.3, -0.25) is 9.69 Å². The number of nitrogens with zero attached hydrogens (tertiary/aromatic N) is 1. The number of hydrogen-bond donors (Lipinski definition) is 2. The summed E-state index contributed by atoms with van der Waals surface area (Å²) in [7, 11) is 1.63. The van der Waals surface area contributed by atoms with E-state index in [0.717, 1.165) is 38.0 Å². The van der Waals surface area contributed by atoms with Crippen LogP contribution in [0.2, 0.25) is 0 Å². The lowest BCUT2D eigenvalue weighted by molar-refractivity contribution is -0.0225. The van der Waals surface area contributed by atoms with E-state index in [1.54, 1.807) is 7.05 Å². The van der Waals surface area contributed by atoms with Crippen LogP contribution in [0, 0.1) is 0 Å². The van der Waals surface area contributed by atoms with Crippen molar-refractivity contribution in [2.24, 2.45) is 0 Å². The Morgan fingerprint density at radius 3 is 2.40 bits per heavy atom. The van der Waals surface area contributed by atoms with Gasteiger partial charge in [-0.25, -0.2) is 0 Å². The first kappa shape index (κ1) is 17.6. The second-order valence-corrected chi connectivity index (χ2v) is 6.90. The first-order valence-electron chi connectivity index (χ1n) is 8.88. The standard InChI is InChI=1S/C21H26N2O2/c1-22-20(24)19-10-6-5-9-18(19)15-21(25)11-13-23(14-12-21)16-17-7-3-2-4-8-17/h2-10,25H,11-16H2,1H3,(H,22,24). The van der Waals surface area contributed by atoms with Crippen molar-refractivity contribution >= 4 is 5.91 Å². The lowest BCUT2D eigenvalue weighted by atomic mass is 9.84. The molecular weight excluding hydrogens is 312 g/mol. The fourth-order valence-corrected chi connectivity index (χ4v) is 3.53. The van der Waals surface area contributed by atoms with E-state index in [4.69, 9.17) is 0 Å². The Morgan fingerprint density at radius 2 is 1.72 bits per heavy atom. The van der Waals surface area contributed by atoms with Crippen LogP contribution in [0.25, 0.3) is 0 Å². The Labute approximate surface area is 149 Å². The fraction of sp³-hybridized carbons (Fsp3) is 0.381. The third kappa shape index (κ3) is 4.47. The van der Waals surface area contributed by atoms with Crippen molar-refractivity contribution in [1.82, 2.24) is 10.2 Å². The van der Waals surface area contributed by atoms with E-state index in [0.29, 0.717) is 12.0 Å². The summed E-state index contributed by atoms with van der Waals surface area (Å²) >= 11 is 0. The Balaban J connectivity index is 1.62. The number of rotatable bonds is 5. The average molecular weight is 338 g/mol. The number of nitrogens with one attached hydrogen (secondary N) is 1. The van der Waals surface area contributed by atoms with Gasteiger partial charge >= 0.3 is 0 Å². The maximum Gasteiger partial charge on any atom is 0.251 e. The van der Waals surface area contributed by atoms with E-state index in [9.17, 15) is 9.90 Å². The molecule has 2 aromatic carbocycles. The number of amides is 1. The predicted molar refractivity (Wildman–Crippen MR) is 99.4 cm³/mol. The summed E-state index contributed by atoms with van der Waals surface area (Å²) in [6.45, 7) is 2.66. The zero-order valence-electron chi connectivity index (χ0n) is 14.7. The number of aliphatic hydroxyl groups is 1. The summed E-state index contributed by atoms with van der Waals surface area (Å²) in [5.74, 6) is -0.0966. The summed E-state index contributed by atoms with van der Waals surface area (Å²) in [5, 5.41) is 13.7. The Morgan fingerprint density at radius 1 is 1.08 bits per heavy atom. The number of piperidine rings is 1. The maximum absolute atomic E-state index is 12.0. The Hall–Kier alpha value is -2.17. The molecule has 1 heterocycles. The highest BCUT2D eigenvalue weighted by molar-refractivity contribution is 5.95. The molecule has 0 aromatic heterocycles. The third-order valence-corrected chi connectivity index (χ3v) is 5.04. The first-order chi connectivity index (χ1) is 12.1. The monoisotopic (exact) mass is 338 g/mol. The average Bonchev–Trinajstić information content (AvgIpc) is 2.64. The molecule has 4 nitrogen and oxygen atoms in total. The molecule has 0 bridgehead atoms. The van der Waals surface area contributed by atoms with Gasteiger partial charge in [0.25, 0.3) is 5.91 Å². The van der Waals surface area contributed by atoms with Crippen LogP contribution in [-0.4, -0.2) is 41.7 Å². The van der Waals surface area contributed by atoms with Crippen molar-refractivity contribution < 1.29 is 9.90 Å². The minimum Gasteiger partial charge on any atom is -0.389 e. The molecule has 1 saturated heterocycles. The smallest absolute Gasteiger partial charge is 0.251 e. The highest BCUT2D eigenvalue weighted by Gasteiger charge is 2.33. The molecule has 0 spiro atoms. The fourth-order valence-electron chi connectivity index (χ4n) is 3.53. The molecule has 1 fully saturated rings. The molecule has 2 N–H and O–H groups in total. The van der Waals surface area contributed by atoms with Crippen molar-refractivity contribution in [3.05, 3.63) is 71.3 Å². The highest BCUT2D eigenvalue weighted by Crippen LogP contribution is 2.28. The summed E-state index contributed by atoms with van der Waals surface area (Å²) in [5.41, 5.74) is 2.14. The van der Waals surface area contributed by atoms with Crippen molar-refractivity contribution in [1.29, 1.82) is 0 Å². The molecule has 25 heavy (non-hydrogen) atoms. The van der Waals surface area contributed by atoms with Crippen LogP contribution in [0.3, 0.4) is 0 Å². The zero-order chi connectivity index (χ0) is 17.7. The van der Waals surface area contributed by atoms with Gasteiger partial charge in [0.2, 0.25) is 0 Å². The molecular formula is C21H26N2O2. The van der Waals surface area contributed by atoms with Crippen LogP contribution in [0.5, 0.6) is 0 Å². The summed E-state index contributed by atoms with van der Waals surface area (Å²) in [6.07, 6.45) is 1.97. The number of carbonyl (C=O) groups is 1. The summed E-state index contributed by atoms with van der Waals surface area (Å²) < 4.78 is 0. The zero-order valence-corrected chi connectivity index (χ0v) is 14.7. The Bertz CT molecular complexity index is 707. The molecule has 1 amide bonds. The highest BCUT2D eigenvalue weighted by atomic mass is 16.3. The molecule has 132 valence electrons. The molecule has 0 saturated carbocycles. The van der Waals surface area contributed by atoms with E-state index in [1.807, 2.05) is 30.3 Å². The Kier molecular flexibility index (Phi) is 5.51. The van der Waals surface area contributed by atoms with Crippen LogP contribution in [0.1, 0.15) is 34.3 Å². The van der Waals surface area contributed by atoms with E-state index in [1.165, 1.54) is 5.56 Å². The number of carbonyl (C=O) groups excluding carboxylic acids is 1. The van der Waals surface area contributed by atoms with Gasteiger partial charge in [0.1, 0.15) is 0 Å². The van der Waals surface area contributed by atoms with Crippen LogP contribution in [-0.2, 0) is 13.0 Å². The van der Waals surface area contributed by atoms with Gasteiger partial charge in [0.15, 0.2) is 0 Å². The molecule has 1 aliphatic heterocycles. The van der Waals surface area contributed by atoms with E-state index in [-0.39, 0.29) is 5.91 Å². The predicted octanol–water partition coefficient (Wildman–Crippen LogP) is 2.62. The molecule has 1 aliphatic rings. The molecule has 0 aliphatic carbocycles. The van der Waals surface area contributed by atoms with Crippen LogP contribution in [0.4, 0.5) is 0 Å². The van der Waals surface area contributed by atoms with Gasteiger partial charge in [-0.05, 0) is 30.0 Å². The van der Waals surface area contributed by atoms with Crippen LogP contribution >= 0.6 is 0 Å². The van der Waals surface area contributed by atoms with E-state index in [2.05, 4.69) is 34.5 Å². The van der Waals surface area contributed by atoms with Crippen molar-refractivity contribution in [2.75, 3.05) is 20.1 Å². The summed E-state index contributed by atoms with van der Waals surface area (Å²) in [6, 6.07) is 18.0. The van der Waals surface area contributed by atoms with Gasteiger partial charge in [-0.2, -0.15) is 0 Å². The number of likely N-dealkylation sites (tertiary alicyclic amines) is 1. The largest absolute Gasteiger partial charge is 0.389 e. The first-order valence-corrected chi connectivity index (χ1v) is 8.88. The molecule has 0 unspecified atom stereocenters. The SMILES string of the molecule is CNC(=O)c1ccccc1CC1(O)CCN(Cc2ccccc2)CC1. The van der Waals surface area contributed by atoms with Crippen molar-refractivity contribution in [3.8, 4) is 0 Å².